The normalized spacial score (nSPS) is 9.88. The summed E-state index contributed by atoms with van der Waals surface area (Å²) in [5.74, 6) is -0.482. The van der Waals surface area contributed by atoms with Gasteiger partial charge in [0.1, 0.15) is 5.56 Å². The predicted molar refractivity (Wildman–Crippen MR) is 65.9 cm³/mol. The summed E-state index contributed by atoms with van der Waals surface area (Å²) in [6, 6.07) is 9.90. The van der Waals surface area contributed by atoms with Gasteiger partial charge in [0.15, 0.2) is 0 Å². The van der Waals surface area contributed by atoms with Crippen molar-refractivity contribution in [1.29, 1.82) is 0 Å². The van der Waals surface area contributed by atoms with Crippen molar-refractivity contribution >= 4 is 17.3 Å². The first kappa shape index (κ1) is 10.9. The third-order valence-corrected chi connectivity index (χ3v) is 2.27. The number of H-pyrrole nitrogens is 1. The molecule has 0 fully saturated rings. The zero-order valence-electron chi connectivity index (χ0n) is 8.94. The minimum absolute atomic E-state index is 0.0516. The molecule has 17 heavy (non-hydrogen) atoms. The van der Waals surface area contributed by atoms with Crippen LogP contribution in [0.1, 0.15) is 10.4 Å². The standard InChI is InChI=1S/C12H11N3O2/c13-9-5-1-2-6-10(9)15-12(17)8-4-3-7-14-11(8)16/h1-7H,13H2,(H,14,16)(H,15,17). The number of benzene rings is 1. The Morgan fingerprint density at radius 3 is 2.65 bits per heavy atom. The molecule has 0 spiro atoms. The van der Waals surface area contributed by atoms with E-state index in [1.54, 1.807) is 30.3 Å². The molecule has 1 aromatic carbocycles. The van der Waals surface area contributed by atoms with Crippen molar-refractivity contribution in [3.05, 3.63) is 58.5 Å². The number of para-hydroxylation sites is 2. The van der Waals surface area contributed by atoms with Crippen LogP contribution in [0, 0.1) is 0 Å². The zero-order valence-corrected chi connectivity index (χ0v) is 8.94. The lowest BCUT2D eigenvalue weighted by Crippen LogP contribution is -2.22. The molecule has 4 N–H and O–H groups in total. The van der Waals surface area contributed by atoms with Gasteiger partial charge in [-0.15, -0.1) is 0 Å². The molecule has 5 nitrogen and oxygen atoms in total. The van der Waals surface area contributed by atoms with Crippen LogP contribution in [0.3, 0.4) is 0 Å². The van der Waals surface area contributed by atoms with Gasteiger partial charge in [0.25, 0.3) is 11.5 Å². The van der Waals surface area contributed by atoms with Gasteiger partial charge in [0, 0.05) is 6.20 Å². The SMILES string of the molecule is Nc1ccccc1NC(=O)c1ccc[nH]c1=O. The van der Waals surface area contributed by atoms with Gasteiger partial charge >= 0.3 is 0 Å². The van der Waals surface area contributed by atoms with Crippen LogP contribution < -0.4 is 16.6 Å². The fourth-order valence-corrected chi connectivity index (χ4v) is 1.40. The van der Waals surface area contributed by atoms with Gasteiger partial charge in [-0.3, -0.25) is 9.59 Å². The lowest BCUT2D eigenvalue weighted by molar-refractivity contribution is 0.102. The number of aromatic nitrogens is 1. The Balaban J connectivity index is 2.27. The number of carbonyl (C=O) groups excluding carboxylic acids is 1. The summed E-state index contributed by atoms with van der Waals surface area (Å²) in [6.45, 7) is 0. The van der Waals surface area contributed by atoms with Crippen LogP contribution in [0.25, 0.3) is 0 Å². The Labute approximate surface area is 97.3 Å². The van der Waals surface area contributed by atoms with E-state index in [-0.39, 0.29) is 5.56 Å². The molecule has 0 saturated heterocycles. The second-order valence-electron chi connectivity index (χ2n) is 3.45. The summed E-state index contributed by atoms with van der Waals surface area (Å²) in [5, 5.41) is 2.58. The van der Waals surface area contributed by atoms with E-state index >= 15 is 0 Å². The van der Waals surface area contributed by atoms with Crippen LogP contribution in [0.15, 0.2) is 47.4 Å². The predicted octanol–water partition coefficient (Wildman–Crippen LogP) is 1.21. The van der Waals surface area contributed by atoms with Crippen molar-refractivity contribution < 1.29 is 4.79 Å². The molecule has 5 heteroatoms. The summed E-state index contributed by atoms with van der Waals surface area (Å²) in [5.41, 5.74) is 6.24. The average Bonchev–Trinajstić information content (AvgIpc) is 2.32. The first-order valence-corrected chi connectivity index (χ1v) is 5.02. The average molecular weight is 229 g/mol. The van der Waals surface area contributed by atoms with Crippen molar-refractivity contribution in [2.45, 2.75) is 0 Å². The number of nitrogen functional groups attached to an aromatic ring is 1. The molecular formula is C12H11N3O2. The van der Waals surface area contributed by atoms with Crippen LogP contribution in [0.5, 0.6) is 0 Å². The molecule has 0 saturated carbocycles. The molecule has 0 aliphatic heterocycles. The van der Waals surface area contributed by atoms with Gasteiger partial charge < -0.3 is 16.0 Å². The van der Waals surface area contributed by atoms with Crippen LogP contribution in [0.2, 0.25) is 0 Å². The van der Waals surface area contributed by atoms with Crippen LogP contribution in [0.4, 0.5) is 11.4 Å². The summed E-state index contributed by atoms with van der Waals surface area (Å²) in [7, 11) is 0. The first-order chi connectivity index (χ1) is 8.18. The van der Waals surface area contributed by atoms with Crippen molar-refractivity contribution in [1.82, 2.24) is 4.98 Å². The molecule has 1 amide bonds. The maximum absolute atomic E-state index is 11.8. The van der Waals surface area contributed by atoms with E-state index in [1.807, 2.05) is 0 Å². The minimum atomic E-state index is -0.482. The smallest absolute Gasteiger partial charge is 0.261 e. The van der Waals surface area contributed by atoms with E-state index in [0.717, 1.165) is 0 Å². The van der Waals surface area contributed by atoms with E-state index in [2.05, 4.69) is 10.3 Å². The van der Waals surface area contributed by atoms with Gasteiger partial charge in [0.2, 0.25) is 0 Å². The Hall–Kier alpha value is -2.56. The van der Waals surface area contributed by atoms with Crippen LogP contribution in [-0.2, 0) is 0 Å². The highest BCUT2D eigenvalue weighted by Crippen LogP contribution is 2.16. The highest BCUT2D eigenvalue weighted by Gasteiger charge is 2.10. The lowest BCUT2D eigenvalue weighted by atomic mass is 10.2. The van der Waals surface area contributed by atoms with E-state index in [9.17, 15) is 9.59 Å². The molecule has 1 aromatic heterocycles. The quantitative estimate of drug-likeness (QED) is 0.676. The Bertz CT molecular complexity index is 604. The molecule has 0 bridgehead atoms. The molecule has 0 radical (unpaired) electrons. The number of rotatable bonds is 2. The summed E-state index contributed by atoms with van der Waals surface area (Å²) < 4.78 is 0. The molecule has 0 unspecified atom stereocenters. The second-order valence-corrected chi connectivity index (χ2v) is 3.45. The number of aromatic amines is 1. The number of hydrogen-bond acceptors (Lipinski definition) is 3. The topological polar surface area (TPSA) is 88.0 Å². The van der Waals surface area contributed by atoms with Crippen LogP contribution >= 0.6 is 0 Å². The molecule has 0 aliphatic rings. The number of nitrogens with two attached hydrogens (primary N) is 1. The number of carbonyl (C=O) groups is 1. The lowest BCUT2D eigenvalue weighted by Gasteiger charge is -2.06. The Morgan fingerprint density at radius 1 is 1.18 bits per heavy atom. The maximum atomic E-state index is 11.8. The fraction of sp³-hybridized carbons (Fsp3) is 0. The minimum Gasteiger partial charge on any atom is -0.397 e. The molecule has 1 heterocycles. The van der Waals surface area contributed by atoms with Crippen molar-refractivity contribution in [2.24, 2.45) is 0 Å². The summed E-state index contributed by atoms with van der Waals surface area (Å²) >= 11 is 0. The first-order valence-electron chi connectivity index (χ1n) is 5.02. The van der Waals surface area contributed by atoms with Gasteiger partial charge in [-0.25, -0.2) is 0 Å². The highest BCUT2D eigenvalue weighted by atomic mass is 16.2. The van der Waals surface area contributed by atoms with Gasteiger partial charge in [-0.2, -0.15) is 0 Å². The Morgan fingerprint density at radius 2 is 1.94 bits per heavy atom. The fourth-order valence-electron chi connectivity index (χ4n) is 1.40. The van der Waals surface area contributed by atoms with E-state index < -0.39 is 11.5 Å². The maximum Gasteiger partial charge on any atom is 0.261 e. The zero-order chi connectivity index (χ0) is 12.3. The third kappa shape index (κ3) is 2.34. The van der Waals surface area contributed by atoms with E-state index in [0.29, 0.717) is 11.4 Å². The molecule has 0 aliphatic carbocycles. The third-order valence-electron chi connectivity index (χ3n) is 2.27. The second kappa shape index (κ2) is 4.52. The molecule has 2 rings (SSSR count). The van der Waals surface area contributed by atoms with Crippen LogP contribution in [-0.4, -0.2) is 10.9 Å². The van der Waals surface area contributed by atoms with Gasteiger partial charge in [-0.05, 0) is 24.3 Å². The van der Waals surface area contributed by atoms with Crippen molar-refractivity contribution in [3.63, 3.8) is 0 Å². The van der Waals surface area contributed by atoms with Crippen molar-refractivity contribution in [2.75, 3.05) is 11.1 Å². The number of nitrogens with one attached hydrogen (secondary N) is 2. The molecule has 86 valence electrons. The number of pyridine rings is 1. The molecule has 2 aromatic rings. The molecular weight excluding hydrogens is 218 g/mol. The van der Waals surface area contributed by atoms with Gasteiger partial charge in [-0.1, -0.05) is 12.1 Å². The number of amides is 1. The summed E-state index contributed by atoms with van der Waals surface area (Å²) in [6.07, 6.45) is 1.47. The number of hydrogen-bond donors (Lipinski definition) is 3. The highest BCUT2D eigenvalue weighted by molar-refractivity contribution is 6.05. The largest absolute Gasteiger partial charge is 0.397 e. The molecule has 0 atom stereocenters. The Kier molecular flexibility index (Phi) is 2.91. The number of anilines is 2. The monoisotopic (exact) mass is 229 g/mol. The van der Waals surface area contributed by atoms with Crippen molar-refractivity contribution in [3.8, 4) is 0 Å². The van der Waals surface area contributed by atoms with E-state index in [4.69, 9.17) is 5.73 Å². The van der Waals surface area contributed by atoms with E-state index in [1.165, 1.54) is 12.3 Å². The van der Waals surface area contributed by atoms with Gasteiger partial charge in [0.05, 0.1) is 11.4 Å². The summed E-state index contributed by atoms with van der Waals surface area (Å²) in [4.78, 5) is 25.6.